The molecular weight excluding hydrogens is 128 g/mol. The van der Waals surface area contributed by atoms with Crippen LogP contribution >= 0.6 is 0 Å². The van der Waals surface area contributed by atoms with Crippen molar-refractivity contribution in [1.82, 2.24) is 0 Å². The minimum Gasteiger partial charge on any atom is -0.396 e. The van der Waals surface area contributed by atoms with Crippen LogP contribution in [0.15, 0.2) is 0 Å². The van der Waals surface area contributed by atoms with E-state index in [0.29, 0.717) is 12.0 Å². The van der Waals surface area contributed by atoms with E-state index < -0.39 is 0 Å². The summed E-state index contributed by atoms with van der Waals surface area (Å²) in [5.41, 5.74) is 0. The van der Waals surface area contributed by atoms with Crippen molar-refractivity contribution in [1.29, 1.82) is 0 Å². The highest BCUT2D eigenvalue weighted by molar-refractivity contribution is 4.68. The Morgan fingerprint density at radius 3 is 2.70 bits per heavy atom. The molecule has 2 nitrogen and oxygen atoms in total. The lowest BCUT2D eigenvalue weighted by molar-refractivity contribution is -0.0309. The quantitative estimate of drug-likeness (QED) is 0.630. The molecule has 0 aromatic carbocycles. The highest BCUT2D eigenvalue weighted by Crippen LogP contribution is 2.19. The molecule has 10 heavy (non-hydrogen) atoms. The molecule has 1 saturated heterocycles. The van der Waals surface area contributed by atoms with Gasteiger partial charge in [0.15, 0.2) is 0 Å². The molecule has 0 aliphatic carbocycles. The first kappa shape index (κ1) is 8.02. The summed E-state index contributed by atoms with van der Waals surface area (Å²) in [5, 5.41) is 8.77. The zero-order chi connectivity index (χ0) is 7.40. The van der Waals surface area contributed by atoms with Crippen LogP contribution in [0.5, 0.6) is 0 Å². The molecule has 1 rings (SSSR count). The maximum absolute atomic E-state index is 8.77. The smallest absolute Gasteiger partial charge is 0.0572 e. The van der Waals surface area contributed by atoms with Gasteiger partial charge in [0.1, 0.15) is 0 Å². The van der Waals surface area contributed by atoms with Crippen molar-refractivity contribution < 1.29 is 9.84 Å². The van der Waals surface area contributed by atoms with E-state index in [2.05, 4.69) is 6.92 Å². The lowest BCUT2D eigenvalue weighted by atomic mass is 9.98. The van der Waals surface area contributed by atoms with Gasteiger partial charge in [-0.3, -0.25) is 0 Å². The van der Waals surface area contributed by atoms with Crippen LogP contribution in [0, 0.1) is 5.92 Å². The minimum atomic E-state index is 0.288. The van der Waals surface area contributed by atoms with Crippen molar-refractivity contribution in [2.45, 2.75) is 32.3 Å². The Hall–Kier alpha value is -0.0800. The lowest BCUT2D eigenvalue weighted by Gasteiger charge is -2.26. The normalized spacial score (nSPS) is 34.2. The average molecular weight is 144 g/mol. The Balaban J connectivity index is 2.17. The number of hydrogen-bond acceptors (Lipinski definition) is 2. The summed E-state index contributed by atoms with van der Waals surface area (Å²) >= 11 is 0. The Labute approximate surface area is 62.2 Å². The molecule has 0 saturated carbocycles. The van der Waals surface area contributed by atoms with Gasteiger partial charge < -0.3 is 9.84 Å². The third-order valence-corrected chi connectivity index (χ3v) is 2.18. The van der Waals surface area contributed by atoms with Crippen LogP contribution in [-0.4, -0.2) is 24.4 Å². The second-order valence-electron chi connectivity index (χ2n) is 2.99. The highest BCUT2D eigenvalue weighted by atomic mass is 16.5. The van der Waals surface area contributed by atoms with Gasteiger partial charge in [-0.15, -0.1) is 0 Å². The van der Waals surface area contributed by atoms with Crippen LogP contribution in [-0.2, 0) is 4.74 Å². The minimum absolute atomic E-state index is 0.288. The van der Waals surface area contributed by atoms with Gasteiger partial charge >= 0.3 is 0 Å². The van der Waals surface area contributed by atoms with Gasteiger partial charge in [0.2, 0.25) is 0 Å². The van der Waals surface area contributed by atoms with Gasteiger partial charge in [-0.1, -0.05) is 6.92 Å². The molecule has 2 atom stereocenters. The monoisotopic (exact) mass is 144 g/mol. The van der Waals surface area contributed by atoms with Crippen molar-refractivity contribution >= 4 is 0 Å². The summed E-state index contributed by atoms with van der Waals surface area (Å²) in [4.78, 5) is 0. The number of hydrogen-bond donors (Lipinski definition) is 1. The molecule has 1 aliphatic rings. The van der Waals surface area contributed by atoms with E-state index in [1.165, 1.54) is 0 Å². The Morgan fingerprint density at radius 1 is 1.50 bits per heavy atom. The van der Waals surface area contributed by atoms with E-state index in [4.69, 9.17) is 9.84 Å². The highest BCUT2D eigenvalue weighted by Gasteiger charge is 2.18. The van der Waals surface area contributed by atoms with Gasteiger partial charge in [-0.05, 0) is 19.3 Å². The standard InChI is InChI=1S/C8H16O2/c1-2-8-4-3-7(5-9)6-10-8/h7-9H,2-6H2,1H3. The third-order valence-electron chi connectivity index (χ3n) is 2.18. The molecule has 0 amide bonds. The van der Waals surface area contributed by atoms with Crippen LogP contribution in [0.25, 0.3) is 0 Å². The van der Waals surface area contributed by atoms with Gasteiger partial charge in [0, 0.05) is 12.5 Å². The van der Waals surface area contributed by atoms with Crippen molar-refractivity contribution in [2.75, 3.05) is 13.2 Å². The molecule has 1 N–H and O–H groups in total. The van der Waals surface area contributed by atoms with E-state index in [1.807, 2.05) is 0 Å². The predicted molar refractivity (Wildman–Crippen MR) is 39.8 cm³/mol. The van der Waals surface area contributed by atoms with E-state index in [-0.39, 0.29) is 6.61 Å². The largest absolute Gasteiger partial charge is 0.396 e. The van der Waals surface area contributed by atoms with E-state index in [9.17, 15) is 0 Å². The van der Waals surface area contributed by atoms with Gasteiger partial charge in [0.05, 0.1) is 12.7 Å². The summed E-state index contributed by atoms with van der Waals surface area (Å²) in [6, 6.07) is 0. The number of rotatable bonds is 2. The fourth-order valence-corrected chi connectivity index (χ4v) is 1.33. The summed E-state index contributed by atoms with van der Waals surface area (Å²) in [7, 11) is 0. The summed E-state index contributed by atoms with van der Waals surface area (Å²) in [6.07, 6.45) is 3.83. The van der Waals surface area contributed by atoms with Crippen molar-refractivity contribution in [2.24, 2.45) is 5.92 Å². The van der Waals surface area contributed by atoms with Crippen molar-refractivity contribution in [3.05, 3.63) is 0 Å². The zero-order valence-corrected chi connectivity index (χ0v) is 6.55. The molecule has 1 aliphatic heterocycles. The van der Waals surface area contributed by atoms with Gasteiger partial charge in [0.25, 0.3) is 0 Å². The summed E-state index contributed by atoms with van der Waals surface area (Å²) in [6.45, 7) is 3.19. The molecule has 60 valence electrons. The Kier molecular flexibility index (Phi) is 3.16. The Bertz CT molecular complexity index is 73.3. The average Bonchev–Trinajstić information content (AvgIpc) is 2.05. The van der Waals surface area contributed by atoms with Gasteiger partial charge in [-0.2, -0.15) is 0 Å². The van der Waals surface area contributed by atoms with Crippen molar-refractivity contribution in [3.8, 4) is 0 Å². The molecular formula is C8H16O2. The number of ether oxygens (including phenoxy) is 1. The second kappa shape index (κ2) is 3.94. The first-order valence-electron chi connectivity index (χ1n) is 4.09. The lowest BCUT2D eigenvalue weighted by Crippen LogP contribution is -2.27. The number of aliphatic hydroxyl groups excluding tert-OH is 1. The molecule has 0 aromatic rings. The topological polar surface area (TPSA) is 29.5 Å². The molecule has 1 fully saturated rings. The predicted octanol–water partition coefficient (Wildman–Crippen LogP) is 1.18. The molecule has 0 radical (unpaired) electrons. The van der Waals surface area contributed by atoms with Crippen LogP contribution in [0.4, 0.5) is 0 Å². The SMILES string of the molecule is CCC1CCC(CO)CO1. The van der Waals surface area contributed by atoms with Crippen LogP contribution in [0.3, 0.4) is 0 Å². The molecule has 0 spiro atoms. The second-order valence-corrected chi connectivity index (χ2v) is 2.99. The first-order chi connectivity index (χ1) is 4.86. The Morgan fingerprint density at radius 2 is 2.30 bits per heavy atom. The number of aliphatic hydroxyl groups is 1. The maximum atomic E-state index is 8.77. The van der Waals surface area contributed by atoms with E-state index in [0.717, 1.165) is 25.9 Å². The first-order valence-corrected chi connectivity index (χ1v) is 4.09. The third kappa shape index (κ3) is 1.96. The van der Waals surface area contributed by atoms with E-state index in [1.54, 1.807) is 0 Å². The van der Waals surface area contributed by atoms with Crippen LogP contribution in [0.1, 0.15) is 26.2 Å². The molecule has 1 heterocycles. The molecule has 2 unspecified atom stereocenters. The fourth-order valence-electron chi connectivity index (χ4n) is 1.33. The van der Waals surface area contributed by atoms with Crippen molar-refractivity contribution in [3.63, 3.8) is 0 Å². The van der Waals surface area contributed by atoms with Crippen LogP contribution < -0.4 is 0 Å². The zero-order valence-electron chi connectivity index (χ0n) is 6.55. The van der Waals surface area contributed by atoms with Crippen LogP contribution in [0.2, 0.25) is 0 Å². The van der Waals surface area contributed by atoms with E-state index >= 15 is 0 Å². The molecule has 0 bridgehead atoms. The maximum Gasteiger partial charge on any atom is 0.0572 e. The van der Waals surface area contributed by atoms with Gasteiger partial charge in [-0.25, -0.2) is 0 Å². The summed E-state index contributed by atoms with van der Waals surface area (Å²) in [5.74, 6) is 0.405. The fraction of sp³-hybridized carbons (Fsp3) is 1.00. The summed E-state index contributed by atoms with van der Waals surface area (Å²) < 4.78 is 5.47. The molecule has 0 aromatic heterocycles. The molecule has 2 heteroatoms.